The number of anilines is 1. The number of nitrogens with one attached hydrogen (secondary N) is 1. The Hall–Kier alpha value is -2.18. The normalized spacial score (nSPS) is 16.6. The molecule has 6 heteroatoms. The number of aromatic nitrogens is 2. The van der Waals surface area contributed by atoms with Gasteiger partial charge in [-0.25, -0.2) is 9.97 Å². The van der Waals surface area contributed by atoms with Crippen LogP contribution in [0.2, 0.25) is 0 Å². The maximum Gasteiger partial charge on any atom is 0.222 e. The fraction of sp³-hybridized carbons (Fsp3) is 0.474. The van der Waals surface area contributed by atoms with E-state index >= 15 is 0 Å². The number of hydrogen-bond acceptors (Lipinski definition) is 6. The highest BCUT2D eigenvalue weighted by atomic mass is 16.5. The van der Waals surface area contributed by atoms with Crippen molar-refractivity contribution >= 4 is 5.82 Å². The summed E-state index contributed by atoms with van der Waals surface area (Å²) in [6, 6.07) is 8.84. The van der Waals surface area contributed by atoms with E-state index in [1.54, 1.807) is 7.11 Å². The summed E-state index contributed by atoms with van der Waals surface area (Å²) < 4.78 is 10.9. The highest BCUT2D eigenvalue weighted by Crippen LogP contribution is 2.34. The number of benzene rings is 1. The zero-order chi connectivity index (χ0) is 17.7. The van der Waals surface area contributed by atoms with Crippen LogP contribution in [0, 0.1) is 6.92 Å². The summed E-state index contributed by atoms with van der Waals surface area (Å²) in [5.41, 5.74) is 9.50. The number of hydrogen-bond donors (Lipinski definition) is 2. The Balaban J connectivity index is 1.75. The molecule has 2 aromatic rings. The van der Waals surface area contributed by atoms with Crippen LogP contribution in [0.5, 0.6) is 5.88 Å². The molecule has 25 heavy (non-hydrogen) atoms. The number of rotatable bonds is 6. The second-order valence-electron chi connectivity index (χ2n) is 6.61. The minimum absolute atomic E-state index is 0.0730. The molecule has 0 spiro atoms. The number of aryl methyl sites for hydroxylation is 1. The van der Waals surface area contributed by atoms with Gasteiger partial charge in [-0.3, -0.25) is 0 Å². The van der Waals surface area contributed by atoms with Gasteiger partial charge >= 0.3 is 0 Å². The molecule has 3 N–H and O–H groups in total. The first-order valence-corrected chi connectivity index (χ1v) is 8.63. The Kier molecular flexibility index (Phi) is 5.50. The monoisotopic (exact) mass is 342 g/mol. The molecule has 0 amide bonds. The zero-order valence-corrected chi connectivity index (χ0v) is 14.9. The molecular weight excluding hydrogens is 316 g/mol. The minimum atomic E-state index is 0.0730. The van der Waals surface area contributed by atoms with Crippen molar-refractivity contribution < 1.29 is 9.47 Å². The quantitative estimate of drug-likeness (QED) is 0.838. The number of ether oxygens (including phenoxy) is 2. The lowest BCUT2D eigenvalue weighted by Gasteiger charge is -2.38. The molecular formula is C19H26N4O2. The van der Waals surface area contributed by atoms with Gasteiger partial charge < -0.3 is 20.5 Å². The Labute approximate surface area is 148 Å². The molecule has 0 unspecified atom stereocenters. The van der Waals surface area contributed by atoms with Crippen molar-refractivity contribution in [3.63, 3.8) is 0 Å². The molecule has 6 nitrogen and oxygen atoms in total. The smallest absolute Gasteiger partial charge is 0.222 e. The van der Waals surface area contributed by atoms with Gasteiger partial charge in [0.25, 0.3) is 0 Å². The third-order valence-corrected chi connectivity index (χ3v) is 5.01. The van der Waals surface area contributed by atoms with Crippen molar-refractivity contribution in [1.29, 1.82) is 0 Å². The van der Waals surface area contributed by atoms with Crippen molar-refractivity contribution in [2.75, 3.05) is 32.6 Å². The first-order chi connectivity index (χ1) is 12.1. The van der Waals surface area contributed by atoms with Crippen LogP contribution in [0.4, 0.5) is 5.82 Å². The van der Waals surface area contributed by atoms with Gasteiger partial charge in [0.2, 0.25) is 5.88 Å². The van der Waals surface area contributed by atoms with Gasteiger partial charge in [0, 0.05) is 31.7 Å². The highest BCUT2D eigenvalue weighted by Gasteiger charge is 2.34. The van der Waals surface area contributed by atoms with Crippen LogP contribution in [-0.4, -0.2) is 36.8 Å². The maximum absolute atomic E-state index is 5.99. The second-order valence-corrected chi connectivity index (χ2v) is 6.61. The predicted octanol–water partition coefficient (Wildman–Crippen LogP) is 2.21. The molecule has 1 fully saturated rings. The van der Waals surface area contributed by atoms with E-state index in [4.69, 9.17) is 15.2 Å². The molecule has 1 aromatic heterocycles. The lowest BCUT2D eigenvalue weighted by molar-refractivity contribution is 0.0497. The Bertz CT molecular complexity index is 697. The SMILES string of the molecule is COc1ncnc(N)c1CNCC1(c2ccc(C)cc2)CCOCC1. The van der Waals surface area contributed by atoms with Crippen molar-refractivity contribution in [3.8, 4) is 5.88 Å². The number of nitrogens with zero attached hydrogens (tertiary/aromatic N) is 2. The zero-order valence-electron chi connectivity index (χ0n) is 14.9. The van der Waals surface area contributed by atoms with E-state index in [1.165, 1.54) is 17.5 Å². The van der Waals surface area contributed by atoms with E-state index in [-0.39, 0.29) is 5.41 Å². The van der Waals surface area contributed by atoms with Gasteiger partial charge in [-0.2, -0.15) is 0 Å². The largest absolute Gasteiger partial charge is 0.481 e. The van der Waals surface area contributed by atoms with E-state index in [9.17, 15) is 0 Å². The van der Waals surface area contributed by atoms with Gasteiger partial charge in [0.15, 0.2) is 0 Å². The molecule has 1 aliphatic rings. The molecule has 1 saturated heterocycles. The van der Waals surface area contributed by atoms with Gasteiger partial charge in [0.05, 0.1) is 12.7 Å². The lowest BCUT2D eigenvalue weighted by Crippen LogP contribution is -2.42. The average molecular weight is 342 g/mol. The van der Waals surface area contributed by atoms with Crippen LogP contribution < -0.4 is 15.8 Å². The predicted molar refractivity (Wildman–Crippen MR) is 97.6 cm³/mol. The number of methoxy groups -OCH3 is 1. The van der Waals surface area contributed by atoms with Crippen molar-refractivity contribution in [3.05, 3.63) is 47.3 Å². The molecule has 0 atom stereocenters. The van der Waals surface area contributed by atoms with Gasteiger partial charge in [-0.15, -0.1) is 0 Å². The van der Waals surface area contributed by atoms with Crippen LogP contribution in [0.3, 0.4) is 0 Å². The molecule has 1 aromatic carbocycles. The van der Waals surface area contributed by atoms with E-state index in [0.717, 1.165) is 38.2 Å². The summed E-state index contributed by atoms with van der Waals surface area (Å²) in [4.78, 5) is 8.20. The van der Waals surface area contributed by atoms with Crippen LogP contribution in [0.15, 0.2) is 30.6 Å². The molecule has 134 valence electrons. The van der Waals surface area contributed by atoms with E-state index in [0.29, 0.717) is 18.2 Å². The van der Waals surface area contributed by atoms with E-state index < -0.39 is 0 Å². The summed E-state index contributed by atoms with van der Waals surface area (Å²) in [6.45, 7) is 5.11. The van der Waals surface area contributed by atoms with E-state index in [1.807, 2.05) is 0 Å². The summed E-state index contributed by atoms with van der Waals surface area (Å²) in [6.07, 6.45) is 3.42. The molecule has 3 rings (SSSR count). The highest BCUT2D eigenvalue weighted by molar-refractivity contribution is 5.44. The first kappa shape index (κ1) is 17.6. The number of nitrogens with two attached hydrogens (primary N) is 1. The molecule has 0 radical (unpaired) electrons. The molecule has 2 heterocycles. The van der Waals surface area contributed by atoms with Crippen LogP contribution in [0.1, 0.15) is 29.5 Å². The Morgan fingerprint density at radius 1 is 1.20 bits per heavy atom. The molecule has 1 aliphatic heterocycles. The average Bonchev–Trinajstić information content (AvgIpc) is 2.64. The van der Waals surface area contributed by atoms with E-state index in [2.05, 4.69) is 46.5 Å². The van der Waals surface area contributed by atoms with Gasteiger partial charge in [0.1, 0.15) is 12.1 Å². The summed E-state index contributed by atoms with van der Waals surface area (Å²) in [7, 11) is 1.59. The Morgan fingerprint density at radius 2 is 1.92 bits per heavy atom. The van der Waals surface area contributed by atoms with Crippen LogP contribution in [0.25, 0.3) is 0 Å². The van der Waals surface area contributed by atoms with Crippen molar-refractivity contribution in [1.82, 2.24) is 15.3 Å². The third kappa shape index (κ3) is 3.91. The summed E-state index contributed by atoms with van der Waals surface area (Å²) in [5, 5.41) is 3.55. The fourth-order valence-corrected chi connectivity index (χ4v) is 3.41. The molecule has 0 aliphatic carbocycles. The molecule has 0 saturated carbocycles. The molecule has 0 bridgehead atoms. The van der Waals surface area contributed by atoms with Crippen molar-refractivity contribution in [2.24, 2.45) is 0 Å². The van der Waals surface area contributed by atoms with Crippen LogP contribution in [-0.2, 0) is 16.7 Å². The van der Waals surface area contributed by atoms with Crippen molar-refractivity contribution in [2.45, 2.75) is 31.7 Å². The first-order valence-electron chi connectivity index (χ1n) is 8.63. The van der Waals surface area contributed by atoms with Gasteiger partial charge in [-0.05, 0) is 25.3 Å². The summed E-state index contributed by atoms with van der Waals surface area (Å²) >= 11 is 0. The topological polar surface area (TPSA) is 82.3 Å². The Morgan fingerprint density at radius 3 is 2.60 bits per heavy atom. The second kappa shape index (κ2) is 7.80. The maximum atomic E-state index is 5.99. The fourth-order valence-electron chi connectivity index (χ4n) is 3.41. The lowest BCUT2D eigenvalue weighted by atomic mass is 9.74. The third-order valence-electron chi connectivity index (χ3n) is 5.01. The van der Waals surface area contributed by atoms with Crippen LogP contribution >= 0.6 is 0 Å². The van der Waals surface area contributed by atoms with Gasteiger partial charge in [-0.1, -0.05) is 29.8 Å². The number of nitrogen functional groups attached to an aromatic ring is 1. The standard InChI is InChI=1S/C19H26N4O2/c1-14-3-5-15(6-4-14)19(7-9-25-10-8-19)12-21-11-16-17(20)22-13-23-18(16)24-2/h3-6,13,21H,7-12H2,1-2H3,(H2,20,22,23). The summed E-state index contributed by atoms with van der Waals surface area (Å²) in [5.74, 6) is 0.979. The minimum Gasteiger partial charge on any atom is -0.481 e.